The van der Waals surface area contributed by atoms with Gasteiger partial charge in [-0.2, -0.15) is 0 Å². The average molecular weight is 1680 g/mol. The molecule has 0 amide bonds. The van der Waals surface area contributed by atoms with Crippen molar-refractivity contribution >= 4 is 44.4 Å². The third-order valence-electron chi connectivity index (χ3n) is 26.8. The fraction of sp³-hybridized carbons (Fsp3) is 0.0323. The summed E-state index contributed by atoms with van der Waals surface area (Å²) >= 11 is 3.94. The lowest BCUT2D eigenvalue weighted by atomic mass is 9.51. The predicted molar refractivity (Wildman–Crippen MR) is 532 cm³/mol. The van der Waals surface area contributed by atoms with Crippen molar-refractivity contribution in [3.63, 3.8) is 0 Å². The van der Waals surface area contributed by atoms with Crippen LogP contribution in [-0.4, -0.2) is 0 Å². The van der Waals surface area contributed by atoms with Gasteiger partial charge in [-0.1, -0.05) is 477 Å². The molecule has 0 saturated heterocycles. The van der Waals surface area contributed by atoms with Gasteiger partial charge in [0, 0.05) is 38.3 Å². The molecule has 4 aliphatic carbocycles. The van der Waals surface area contributed by atoms with Crippen molar-refractivity contribution in [1.29, 1.82) is 0 Å². The van der Waals surface area contributed by atoms with E-state index in [0.29, 0.717) is 0 Å². The molecule has 0 heterocycles. The minimum absolute atomic E-state index is 0.421. The second-order valence-electron chi connectivity index (χ2n) is 33.3. The molecule has 127 heavy (non-hydrogen) atoms. The molecule has 0 unspecified atom stereocenters. The van der Waals surface area contributed by atoms with Gasteiger partial charge in [-0.25, -0.2) is 0 Å². The van der Waals surface area contributed by atoms with Gasteiger partial charge in [0.1, 0.15) is 0 Å². The third-order valence-corrected chi connectivity index (χ3v) is 27.5. The maximum atomic E-state index is 3.94. The van der Waals surface area contributed by atoms with Gasteiger partial charge < -0.3 is 10.2 Å². The van der Waals surface area contributed by atoms with E-state index in [1.165, 1.54) is 156 Å². The Morgan fingerprint density at radius 1 is 0.165 bits per heavy atom. The maximum absolute atomic E-state index is 3.94. The first kappa shape index (κ1) is 77.5. The molecule has 20 aromatic rings. The molecule has 0 radical (unpaired) electrons. The largest absolute Gasteiger partial charge is 0.356 e. The predicted octanol–water partition coefficient (Wildman–Crippen LogP) is 31.8. The Hall–Kier alpha value is -15.5. The second-order valence-corrected chi connectivity index (χ2v) is 34.1. The molecule has 2 spiro atoms. The summed E-state index contributed by atoms with van der Waals surface area (Å²) in [5, 5.41) is 3.46. The SMILES string of the molecule is Brc1cccc2c1-c1ccccc1C21c2ccccc2C(c2ccccc2)(c2ccccc2)c2ccccc21.c1ccc(-c2ccc(N(c3ccc(-c4ccccc4)cc3)c3cccc4c3-c3ccccc3C43c4ccccc4C(c4ccccc4)(c4ccccc4)c4ccccc43)cc2)cc1.c1ccc(-c2ccc(Nc3ccc(-c4ccccc4)cc3)cc2)cc1. The molecular formula is C124H87BrN2. The van der Waals surface area contributed by atoms with Crippen LogP contribution in [0.5, 0.6) is 0 Å². The Bertz CT molecular complexity index is 7010. The molecule has 0 aromatic heterocycles. The molecule has 3 heteroatoms. The lowest BCUT2D eigenvalue weighted by Crippen LogP contribution is -2.44. The summed E-state index contributed by atoms with van der Waals surface area (Å²) in [5.41, 5.74) is 39.3. The zero-order chi connectivity index (χ0) is 84.7. The van der Waals surface area contributed by atoms with E-state index < -0.39 is 21.7 Å². The number of anilines is 5. The standard InChI is InChI=1S/C62H43N.C38H25Br.C24H19N/c1-5-20-44(21-6-1)46-36-40-50(41-37-46)63(51-42-38-47(39-43-51)45-22-7-2-8-23-45)59-35-19-34-58-60(59)52-28-13-14-29-53(52)62(58)56-32-17-15-30-54(56)61(48-24-9-3-10-25-48,49-26-11-4-12-27-49)55-31-16-18-33-57(55)62;39-35-25-13-24-34-36(35)28-18-7-8-19-29(28)38(34)32-22-11-9-20-30(32)37(26-14-3-1-4-15-26,27-16-5-2-6-17-27)31-21-10-12-23-33(31)38;1-3-7-19(8-4-1)21-11-15-23(16-12-21)25-24-17-13-22(14-18-24)20-9-5-2-6-10-20/h1-43H;1-25H;1-18,25H. The number of nitrogens with zero attached hydrogens (tertiary/aromatic N) is 1. The van der Waals surface area contributed by atoms with Crippen molar-refractivity contribution in [2.24, 2.45) is 0 Å². The van der Waals surface area contributed by atoms with Crippen LogP contribution in [-0.2, 0) is 21.7 Å². The third kappa shape index (κ3) is 12.8. The van der Waals surface area contributed by atoms with Gasteiger partial charge in [-0.3, -0.25) is 0 Å². The number of hydrogen-bond donors (Lipinski definition) is 1. The van der Waals surface area contributed by atoms with Gasteiger partial charge in [0.05, 0.1) is 27.3 Å². The highest BCUT2D eigenvalue weighted by Crippen LogP contribution is 2.68. The first-order chi connectivity index (χ1) is 62.9. The summed E-state index contributed by atoms with van der Waals surface area (Å²) in [6.45, 7) is 0. The average Bonchev–Trinajstić information content (AvgIpc) is 1.54. The van der Waals surface area contributed by atoms with Gasteiger partial charge in [0.15, 0.2) is 0 Å². The molecule has 600 valence electrons. The summed E-state index contributed by atoms with van der Waals surface area (Å²) in [6, 6.07) is 191. The van der Waals surface area contributed by atoms with Crippen molar-refractivity contribution < 1.29 is 0 Å². The highest BCUT2D eigenvalue weighted by Gasteiger charge is 2.59. The number of rotatable bonds is 13. The minimum Gasteiger partial charge on any atom is -0.356 e. The lowest BCUT2D eigenvalue weighted by molar-refractivity contribution is 0.623. The van der Waals surface area contributed by atoms with Crippen LogP contribution >= 0.6 is 15.9 Å². The first-order valence-electron chi connectivity index (χ1n) is 43.9. The molecule has 0 saturated carbocycles. The van der Waals surface area contributed by atoms with Crippen LogP contribution in [0.25, 0.3) is 66.8 Å². The van der Waals surface area contributed by atoms with E-state index >= 15 is 0 Å². The molecule has 0 bridgehead atoms. The van der Waals surface area contributed by atoms with Crippen LogP contribution in [0.3, 0.4) is 0 Å². The van der Waals surface area contributed by atoms with E-state index in [9.17, 15) is 0 Å². The van der Waals surface area contributed by atoms with Crippen LogP contribution < -0.4 is 10.2 Å². The zero-order valence-corrected chi connectivity index (χ0v) is 71.6. The molecule has 2 nitrogen and oxygen atoms in total. The van der Waals surface area contributed by atoms with E-state index in [1.807, 2.05) is 12.1 Å². The molecule has 0 aliphatic heterocycles. The van der Waals surface area contributed by atoms with Crippen molar-refractivity contribution in [2.75, 3.05) is 10.2 Å². The van der Waals surface area contributed by atoms with Crippen molar-refractivity contribution in [3.8, 4) is 66.8 Å². The molecule has 24 rings (SSSR count). The van der Waals surface area contributed by atoms with Gasteiger partial charge >= 0.3 is 0 Å². The summed E-state index contributed by atoms with van der Waals surface area (Å²) in [5.74, 6) is 0. The smallest absolute Gasteiger partial charge is 0.0720 e. The second kappa shape index (κ2) is 32.9. The Morgan fingerprint density at radius 2 is 0.386 bits per heavy atom. The van der Waals surface area contributed by atoms with E-state index in [2.05, 4.69) is 536 Å². The molecule has 20 aromatic carbocycles. The van der Waals surface area contributed by atoms with Gasteiger partial charge in [0.2, 0.25) is 0 Å². The Balaban J connectivity index is 0.000000126. The van der Waals surface area contributed by atoms with Crippen LogP contribution in [0.2, 0.25) is 0 Å². The molecule has 0 atom stereocenters. The quantitative estimate of drug-likeness (QED) is 0.124. The summed E-state index contributed by atoms with van der Waals surface area (Å²) in [4.78, 5) is 2.47. The van der Waals surface area contributed by atoms with Crippen molar-refractivity contribution in [1.82, 2.24) is 0 Å². The highest BCUT2D eigenvalue weighted by molar-refractivity contribution is 9.10. The van der Waals surface area contributed by atoms with Crippen molar-refractivity contribution in [2.45, 2.75) is 21.7 Å². The van der Waals surface area contributed by atoms with E-state index in [4.69, 9.17) is 0 Å². The number of hydrogen-bond acceptors (Lipinski definition) is 2. The fourth-order valence-electron chi connectivity index (χ4n) is 21.6. The van der Waals surface area contributed by atoms with Crippen LogP contribution in [0.15, 0.2) is 526 Å². The summed E-state index contributed by atoms with van der Waals surface area (Å²) in [6.07, 6.45) is 0. The number of halogens is 1. The topological polar surface area (TPSA) is 15.3 Å². The zero-order valence-electron chi connectivity index (χ0n) is 70.0. The maximum Gasteiger partial charge on any atom is 0.0720 e. The number of nitrogens with one attached hydrogen (secondary N) is 1. The highest BCUT2D eigenvalue weighted by atomic mass is 79.9. The summed E-state index contributed by atoms with van der Waals surface area (Å²) in [7, 11) is 0. The van der Waals surface area contributed by atoms with Crippen molar-refractivity contribution in [3.05, 3.63) is 615 Å². The van der Waals surface area contributed by atoms with Gasteiger partial charge in [0.25, 0.3) is 0 Å². The molecule has 1 N–H and O–H groups in total. The number of benzene rings is 20. The fourth-order valence-corrected chi connectivity index (χ4v) is 22.2. The van der Waals surface area contributed by atoms with E-state index in [1.54, 1.807) is 0 Å². The Kier molecular flexibility index (Phi) is 20.1. The first-order valence-corrected chi connectivity index (χ1v) is 44.7. The Labute approximate surface area is 752 Å². The van der Waals surface area contributed by atoms with E-state index in [-0.39, 0.29) is 0 Å². The van der Waals surface area contributed by atoms with Crippen LogP contribution in [0, 0.1) is 0 Å². The van der Waals surface area contributed by atoms with Gasteiger partial charge in [-0.15, -0.1) is 0 Å². The van der Waals surface area contributed by atoms with E-state index in [0.717, 1.165) is 32.9 Å². The number of fused-ring (bicyclic) bond motifs is 18. The van der Waals surface area contributed by atoms with Crippen LogP contribution in [0.4, 0.5) is 28.4 Å². The normalized spacial score (nSPS) is 13.5. The summed E-state index contributed by atoms with van der Waals surface area (Å²) < 4.78 is 1.14. The Morgan fingerprint density at radius 3 is 0.693 bits per heavy atom. The minimum atomic E-state index is -0.595. The van der Waals surface area contributed by atoms with Crippen LogP contribution in [0.1, 0.15) is 89.0 Å². The monoisotopic (exact) mass is 1680 g/mol. The molecule has 0 fully saturated rings. The van der Waals surface area contributed by atoms with Gasteiger partial charge in [-0.05, 0) is 205 Å². The lowest BCUT2D eigenvalue weighted by Gasteiger charge is -2.50. The molecule has 4 aliphatic rings. The molecular weight excluding hydrogens is 1600 g/mol.